The summed E-state index contributed by atoms with van der Waals surface area (Å²) in [5.41, 5.74) is 11.5. The van der Waals surface area contributed by atoms with E-state index in [2.05, 4.69) is 25.9 Å². The van der Waals surface area contributed by atoms with Crippen molar-refractivity contribution >= 4 is 29.6 Å². The van der Waals surface area contributed by atoms with Gasteiger partial charge in [0.2, 0.25) is 23.6 Å². The number of aromatic nitrogens is 2. The summed E-state index contributed by atoms with van der Waals surface area (Å²) in [4.78, 5) is 66.0. The second kappa shape index (κ2) is 11.6. The van der Waals surface area contributed by atoms with Crippen LogP contribution in [0.2, 0.25) is 0 Å². The molecule has 0 spiro atoms. The van der Waals surface area contributed by atoms with E-state index in [-0.39, 0.29) is 6.42 Å². The Hall–Kier alpha value is -3.52. The number of amides is 4. The van der Waals surface area contributed by atoms with Crippen LogP contribution in [-0.2, 0) is 30.4 Å². The number of imidazole rings is 1. The molecule has 0 aliphatic heterocycles. The largest absolute Gasteiger partial charge is 0.480 e. The first-order chi connectivity index (χ1) is 14.4. The lowest BCUT2D eigenvalue weighted by Crippen LogP contribution is -2.60. The van der Waals surface area contributed by atoms with Crippen LogP contribution < -0.4 is 27.4 Å². The smallest absolute Gasteiger partial charge is 0.325 e. The van der Waals surface area contributed by atoms with Crippen LogP contribution in [0.5, 0.6) is 0 Å². The van der Waals surface area contributed by atoms with Crippen molar-refractivity contribution in [1.29, 1.82) is 0 Å². The third-order valence-corrected chi connectivity index (χ3v) is 4.16. The SMILES string of the molecule is CC(NC(=O)C(NC(=O)C(CC(N)=O)NC(=O)C(N)Cc1cnc[nH]1)C(C)O)C(=O)O. The molecule has 0 saturated heterocycles. The molecule has 0 saturated carbocycles. The maximum absolute atomic E-state index is 12.6. The minimum Gasteiger partial charge on any atom is -0.480 e. The number of H-pyrrole nitrogens is 1. The van der Waals surface area contributed by atoms with Gasteiger partial charge in [-0.2, -0.15) is 0 Å². The first kappa shape index (κ1) is 25.5. The molecule has 0 bridgehead atoms. The first-order valence-corrected chi connectivity index (χ1v) is 9.25. The summed E-state index contributed by atoms with van der Waals surface area (Å²) < 4.78 is 0. The normalized spacial score (nSPS) is 15.6. The zero-order valence-corrected chi connectivity index (χ0v) is 17.0. The Balaban J connectivity index is 2.86. The van der Waals surface area contributed by atoms with Gasteiger partial charge in [0, 0.05) is 18.3 Å². The molecule has 5 atom stereocenters. The molecule has 14 nitrogen and oxygen atoms in total. The summed E-state index contributed by atoms with van der Waals surface area (Å²) >= 11 is 0. The van der Waals surface area contributed by atoms with Gasteiger partial charge in [0.15, 0.2) is 0 Å². The van der Waals surface area contributed by atoms with Crippen molar-refractivity contribution in [3.63, 3.8) is 0 Å². The molecule has 1 rings (SSSR count). The highest BCUT2D eigenvalue weighted by atomic mass is 16.4. The van der Waals surface area contributed by atoms with E-state index in [4.69, 9.17) is 16.6 Å². The van der Waals surface area contributed by atoms with Crippen LogP contribution in [0.25, 0.3) is 0 Å². The summed E-state index contributed by atoms with van der Waals surface area (Å²) in [6, 6.07) is -5.41. The average molecular weight is 441 g/mol. The van der Waals surface area contributed by atoms with Crippen LogP contribution in [0.15, 0.2) is 12.5 Å². The summed E-state index contributed by atoms with van der Waals surface area (Å²) in [6.07, 6.45) is 0.911. The molecule has 1 heterocycles. The number of aliphatic carboxylic acids is 1. The van der Waals surface area contributed by atoms with Gasteiger partial charge in [0.25, 0.3) is 0 Å². The number of nitrogens with two attached hydrogens (primary N) is 2. The van der Waals surface area contributed by atoms with Gasteiger partial charge in [0.1, 0.15) is 18.1 Å². The lowest BCUT2D eigenvalue weighted by atomic mass is 10.1. The molecule has 0 aliphatic rings. The van der Waals surface area contributed by atoms with Gasteiger partial charge >= 0.3 is 5.97 Å². The molecule has 14 heteroatoms. The van der Waals surface area contributed by atoms with Crippen molar-refractivity contribution < 1.29 is 34.2 Å². The van der Waals surface area contributed by atoms with Crippen molar-refractivity contribution in [3.05, 3.63) is 18.2 Å². The number of carbonyl (C=O) groups excluding carboxylic acids is 4. The fourth-order valence-corrected chi connectivity index (χ4v) is 2.44. The van der Waals surface area contributed by atoms with Crippen LogP contribution in [0.4, 0.5) is 0 Å². The molecule has 0 aromatic carbocycles. The number of primary amides is 1. The summed E-state index contributed by atoms with van der Waals surface area (Å²) in [7, 11) is 0. The topological polar surface area (TPSA) is 243 Å². The number of rotatable bonds is 12. The zero-order valence-electron chi connectivity index (χ0n) is 17.0. The van der Waals surface area contributed by atoms with E-state index in [0.29, 0.717) is 5.69 Å². The fraction of sp³-hybridized carbons (Fsp3) is 0.529. The Kier molecular flexibility index (Phi) is 9.56. The summed E-state index contributed by atoms with van der Waals surface area (Å²) in [5.74, 6) is -4.98. The van der Waals surface area contributed by atoms with Crippen molar-refractivity contribution in [2.24, 2.45) is 11.5 Å². The van der Waals surface area contributed by atoms with Crippen molar-refractivity contribution in [2.75, 3.05) is 0 Å². The van der Waals surface area contributed by atoms with E-state index in [9.17, 15) is 29.1 Å². The lowest BCUT2D eigenvalue weighted by Gasteiger charge is -2.25. The van der Waals surface area contributed by atoms with Crippen LogP contribution in [-0.4, -0.2) is 80.1 Å². The van der Waals surface area contributed by atoms with E-state index in [0.717, 1.165) is 0 Å². The van der Waals surface area contributed by atoms with Gasteiger partial charge in [0.05, 0.1) is 24.9 Å². The monoisotopic (exact) mass is 441 g/mol. The predicted octanol–water partition coefficient (Wildman–Crippen LogP) is -3.91. The molecular weight excluding hydrogens is 414 g/mol. The number of nitrogens with one attached hydrogen (secondary N) is 4. The quantitative estimate of drug-likeness (QED) is 0.158. The standard InChI is InChI=1S/C17H27N7O7/c1-7(17(30)31)22-16(29)13(8(2)25)24-15(28)11(4-12(19)26)23-14(27)10(18)3-9-5-20-6-21-9/h5-8,10-11,13,25H,3-4,18H2,1-2H3,(H2,19,26)(H,20,21)(H,22,29)(H,23,27)(H,24,28)(H,30,31). The number of hydrogen-bond acceptors (Lipinski definition) is 8. The molecule has 1 aromatic rings. The highest BCUT2D eigenvalue weighted by molar-refractivity contribution is 5.96. The molecule has 1 aromatic heterocycles. The second-order valence-corrected chi connectivity index (χ2v) is 6.91. The average Bonchev–Trinajstić information content (AvgIpc) is 3.17. The Morgan fingerprint density at radius 1 is 1.10 bits per heavy atom. The van der Waals surface area contributed by atoms with E-state index < -0.39 is 66.3 Å². The molecule has 5 unspecified atom stereocenters. The number of carboxylic acids is 1. The van der Waals surface area contributed by atoms with Crippen LogP contribution in [0.1, 0.15) is 26.0 Å². The fourth-order valence-electron chi connectivity index (χ4n) is 2.44. The molecular formula is C17H27N7O7. The van der Waals surface area contributed by atoms with Crippen LogP contribution in [0.3, 0.4) is 0 Å². The number of hydrogen-bond donors (Lipinski definition) is 8. The van der Waals surface area contributed by atoms with E-state index in [1.54, 1.807) is 0 Å². The minimum absolute atomic E-state index is 0.0720. The zero-order chi connectivity index (χ0) is 23.7. The maximum Gasteiger partial charge on any atom is 0.325 e. The minimum atomic E-state index is -1.56. The molecule has 0 fully saturated rings. The van der Waals surface area contributed by atoms with Crippen LogP contribution >= 0.6 is 0 Å². The van der Waals surface area contributed by atoms with Gasteiger partial charge in [-0.15, -0.1) is 0 Å². The number of nitrogens with zero attached hydrogens (tertiary/aromatic N) is 1. The summed E-state index contributed by atoms with van der Waals surface area (Å²) in [6.45, 7) is 2.39. The van der Waals surface area contributed by atoms with Gasteiger partial charge in [-0.1, -0.05) is 0 Å². The number of carboxylic acid groups (broad SMARTS) is 1. The maximum atomic E-state index is 12.6. The van der Waals surface area contributed by atoms with Gasteiger partial charge in [-0.25, -0.2) is 4.98 Å². The van der Waals surface area contributed by atoms with Gasteiger partial charge in [-0.05, 0) is 13.8 Å². The van der Waals surface area contributed by atoms with E-state index >= 15 is 0 Å². The highest BCUT2D eigenvalue weighted by Crippen LogP contribution is 2.02. The third-order valence-electron chi connectivity index (χ3n) is 4.16. The number of aliphatic hydroxyl groups is 1. The number of aliphatic hydroxyl groups excluding tert-OH is 1. The molecule has 4 amide bonds. The molecule has 31 heavy (non-hydrogen) atoms. The van der Waals surface area contributed by atoms with Crippen molar-refractivity contribution in [3.8, 4) is 0 Å². The lowest BCUT2D eigenvalue weighted by molar-refractivity contribution is -0.142. The van der Waals surface area contributed by atoms with Crippen molar-refractivity contribution in [1.82, 2.24) is 25.9 Å². The molecule has 10 N–H and O–H groups in total. The second-order valence-electron chi connectivity index (χ2n) is 6.91. The molecule has 172 valence electrons. The molecule has 0 radical (unpaired) electrons. The Morgan fingerprint density at radius 2 is 1.74 bits per heavy atom. The number of aromatic amines is 1. The van der Waals surface area contributed by atoms with Gasteiger partial charge in [-0.3, -0.25) is 24.0 Å². The van der Waals surface area contributed by atoms with Gasteiger partial charge < -0.3 is 42.6 Å². The Labute approximate surface area is 177 Å². The molecule has 0 aliphatic carbocycles. The first-order valence-electron chi connectivity index (χ1n) is 9.25. The van der Waals surface area contributed by atoms with E-state index in [1.165, 1.54) is 26.4 Å². The third kappa shape index (κ3) is 8.39. The predicted molar refractivity (Wildman–Crippen MR) is 105 cm³/mol. The number of carbonyl (C=O) groups is 5. The Bertz CT molecular complexity index is 797. The Morgan fingerprint density at radius 3 is 2.23 bits per heavy atom. The summed E-state index contributed by atoms with van der Waals surface area (Å²) in [5, 5.41) is 25.3. The van der Waals surface area contributed by atoms with E-state index in [1.807, 2.05) is 0 Å². The highest BCUT2D eigenvalue weighted by Gasteiger charge is 2.32. The van der Waals surface area contributed by atoms with Crippen molar-refractivity contribution in [2.45, 2.75) is 57.0 Å². The van der Waals surface area contributed by atoms with Crippen LogP contribution in [0, 0.1) is 0 Å².